The summed E-state index contributed by atoms with van der Waals surface area (Å²) in [6, 6.07) is 6.50. The minimum atomic E-state index is -0.371. The molecule has 0 saturated heterocycles. The second-order valence-electron chi connectivity index (χ2n) is 3.75. The van der Waals surface area contributed by atoms with Gasteiger partial charge in [-0.3, -0.25) is 0 Å². The molecular weight excluding hydrogens is 360 g/mol. The molecule has 6 heteroatoms. The number of hydrogen-bond acceptors (Lipinski definition) is 2. The number of hydrogen-bond donors (Lipinski definition) is 1. The minimum Gasteiger partial charge on any atom is -0.376 e. The Labute approximate surface area is 127 Å². The van der Waals surface area contributed by atoms with Crippen LogP contribution in [0, 0.1) is 5.82 Å². The smallest absolute Gasteiger partial charge is 0.125 e. The van der Waals surface area contributed by atoms with E-state index >= 15 is 0 Å². The summed E-state index contributed by atoms with van der Waals surface area (Å²) in [4.78, 5) is 1.09. The van der Waals surface area contributed by atoms with Gasteiger partial charge in [0, 0.05) is 9.35 Å². The molecule has 0 amide bonds. The Balaban J connectivity index is 2.24. The highest BCUT2D eigenvalue weighted by Gasteiger charge is 2.13. The molecule has 1 aromatic heterocycles. The molecule has 0 aliphatic heterocycles. The Morgan fingerprint density at radius 2 is 2.06 bits per heavy atom. The molecular formula is C12H9BrCl2FNS. The van der Waals surface area contributed by atoms with Gasteiger partial charge in [0.15, 0.2) is 0 Å². The highest BCUT2D eigenvalue weighted by atomic mass is 79.9. The quantitative estimate of drug-likeness (QED) is 0.687. The second kappa shape index (κ2) is 5.78. The molecule has 1 aromatic carbocycles. The van der Waals surface area contributed by atoms with Gasteiger partial charge in [0.05, 0.1) is 21.1 Å². The minimum absolute atomic E-state index is 0.0433. The zero-order chi connectivity index (χ0) is 13.3. The van der Waals surface area contributed by atoms with Crippen molar-refractivity contribution in [3.8, 4) is 0 Å². The summed E-state index contributed by atoms with van der Waals surface area (Å²) in [7, 11) is 0. The van der Waals surface area contributed by atoms with Crippen LogP contribution in [0.4, 0.5) is 10.1 Å². The number of thiophene rings is 1. The molecule has 1 atom stereocenters. The summed E-state index contributed by atoms with van der Waals surface area (Å²) >= 11 is 16.7. The van der Waals surface area contributed by atoms with Crippen LogP contribution >= 0.6 is 50.5 Å². The maximum Gasteiger partial charge on any atom is 0.125 e. The molecule has 18 heavy (non-hydrogen) atoms. The van der Waals surface area contributed by atoms with Crippen molar-refractivity contribution in [3.05, 3.63) is 48.8 Å². The lowest BCUT2D eigenvalue weighted by Gasteiger charge is -2.16. The monoisotopic (exact) mass is 367 g/mol. The Morgan fingerprint density at radius 3 is 2.61 bits per heavy atom. The molecule has 96 valence electrons. The molecule has 0 radical (unpaired) electrons. The van der Waals surface area contributed by atoms with Crippen LogP contribution < -0.4 is 5.32 Å². The zero-order valence-electron chi connectivity index (χ0n) is 9.31. The maximum atomic E-state index is 13.1. The lowest BCUT2D eigenvalue weighted by atomic mass is 10.2. The third-order valence-electron chi connectivity index (χ3n) is 2.39. The Kier molecular flexibility index (Phi) is 4.54. The number of rotatable bonds is 3. The average Bonchev–Trinajstić information content (AvgIpc) is 2.70. The van der Waals surface area contributed by atoms with Crippen LogP contribution in [0.3, 0.4) is 0 Å². The molecule has 1 nitrogen and oxygen atoms in total. The highest BCUT2D eigenvalue weighted by molar-refractivity contribution is 9.10. The molecule has 1 heterocycles. The molecule has 0 bridgehead atoms. The standard InChI is InChI=1S/C12H9BrCl2FNS/c1-6(10-2-3-11(15)18-10)17-12-8(13)4-7(16)5-9(12)14/h2-6,17H,1H3. The first-order valence-electron chi connectivity index (χ1n) is 5.13. The van der Waals surface area contributed by atoms with Gasteiger partial charge >= 0.3 is 0 Å². The summed E-state index contributed by atoms with van der Waals surface area (Å²) in [6.07, 6.45) is 0. The van der Waals surface area contributed by atoms with E-state index in [-0.39, 0.29) is 11.9 Å². The zero-order valence-corrected chi connectivity index (χ0v) is 13.2. The van der Waals surface area contributed by atoms with Gasteiger partial charge in [-0.25, -0.2) is 4.39 Å². The fourth-order valence-corrected chi connectivity index (χ4v) is 3.51. The third kappa shape index (κ3) is 3.18. The lowest BCUT2D eigenvalue weighted by molar-refractivity contribution is 0.627. The van der Waals surface area contributed by atoms with Crippen molar-refractivity contribution < 1.29 is 4.39 Å². The first-order chi connectivity index (χ1) is 8.47. The Morgan fingerprint density at radius 1 is 1.33 bits per heavy atom. The maximum absolute atomic E-state index is 13.1. The van der Waals surface area contributed by atoms with Gasteiger partial charge < -0.3 is 5.32 Å². The summed E-state index contributed by atoms with van der Waals surface area (Å²) in [5, 5.41) is 3.59. The normalized spacial score (nSPS) is 12.5. The predicted octanol–water partition coefficient (Wildman–Crippen LogP) is 6.13. The molecule has 0 spiro atoms. The van der Waals surface area contributed by atoms with Gasteiger partial charge in [0.1, 0.15) is 5.82 Å². The highest BCUT2D eigenvalue weighted by Crippen LogP contribution is 2.36. The van der Waals surface area contributed by atoms with E-state index in [9.17, 15) is 4.39 Å². The SMILES string of the molecule is CC(Nc1c(Cl)cc(F)cc1Br)c1ccc(Cl)s1. The summed E-state index contributed by atoms with van der Waals surface area (Å²) in [5.74, 6) is -0.371. The number of benzene rings is 1. The van der Waals surface area contributed by atoms with Crippen molar-refractivity contribution in [2.45, 2.75) is 13.0 Å². The van der Waals surface area contributed by atoms with Crippen molar-refractivity contribution in [2.24, 2.45) is 0 Å². The molecule has 2 aromatic rings. The summed E-state index contributed by atoms with van der Waals surface area (Å²) in [6.45, 7) is 1.99. The van der Waals surface area contributed by atoms with Crippen molar-refractivity contribution in [1.82, 2.24) is 0 Å². The van der Waals surface area contributed by atoms with E-state index in [1.807, 2.05) is 19.1 Å². The van der Waals surface area contributed by atoms with Crippen LogP contribution in [-0.2, 0) is 0 Å². The van der Waals surface area contributed by atoms with Gasteiger partial charge in [-0.05, 0) is 47.1 Å². The van der Waals surface area contributed by atoms with Gasteiger partial charge in [0.2, 0.25) is 0 Å². The molecule has 1 N–H and O–H groups in total. The van der Waals surface area contributed by atoms with Crippen LogP contribution in [0.5, 0.6) is 0 Å². The van der Waals surface area contributed by atoms with E-state index in [1.54, 1.807) is 0 Å². The Bertz CT molecular complexity index is 550. The van der Waals surface area contributed by atoms with Crippen molar-refractivity contribution >= 4 is 56.2 Å². The van der Waals surface area contributed by atoms with Gasteiger partial charge in [0.25, 0.3) is 0 Å². The largest absolute Gasteiger partial charge is 0.376 e. The van der Waals surface area contributed by atoms with Crippen LogP contribution in [0.1, 0.15) is 17.8 Å². The second-order valence-corrected chi connectivity index (χ2v) is 6.76. The summed E-state index contributed by atoms with van der Waals surface area (Å²) in [5.41, 5.74) is 0.676. The van der Waals surface area contributed by atoms with Gasteiger partial charge in [-0.1, -0.05) is 23.2 Å². The summed E-state index contributed by atoms with van der Waals surface area (Å²) < 4.78 is 14.5. The van der Waals surface area contributed by atoms with E-state index in [1.165, 1.54) is 23.5 Å². The van der Waals surface area contributed by atoms with Crippen LogP contribution in [0.15, 0.2) is 28.7 Å². The predicted molar refractivity (Wildman–Crippen MR) is 80.5 cm³/mol. The topological polar surface area (TPSA) is 12.0 Å². The third-order valence-corrected chi connectivity index (χ3v) is 4.73. The Hall–Kier alpha value is -0.290. The molecule has 0 aliphatic rings. The van der Waals surface area contributed by atoms with E-state index in [2.05, 4.69) is 21.2 Å². The van der Waals surface area contributed by atoms with Gasteiger partial charge in [-0.2, -0.15) is 0 Å². The van der Waals surface area contributed by atoms with Crippen LogP contribution in [0.2, 0.25) is 9.36 Å². The van der Waals surface area contributed by atoms with Crippen LogP contribution in [0.25, 0.3) is 0 Å². The number of nitrogens with one attached hydrogen (secondary N) is 1. The molecule has 1 unspecified atom stereocenters. The average molecular weight is 369 g/mol. The number of halogens is 4. The molecule has 0 aliphatic carbocycles. The fourth-order valence-electron chi connectivity index (χ4n) is 1.53. The van der Waals surface area contributed by atoms with Crippen molar-refractivity contribution in [2.75, 3.05) is 5.32 Å². The van der Waals surface area contributed by atoms with E-state index in [0.717, 1.165) is 9.21 Å². The molecule has 0 saturated carbocycles. The number of anilines is 1. The van der Waals surface area contributed by atoms with E-state index in [4.69, 9.17) is 23.2 Å². The van der Waals surface area contributed by atoms with E-state index < -0.39 is 0 Å². The first kappa shape index (κ1) is 14.1. The fraction of sp³-hybridized carbons (Fsp3) is 0.167. The lowest BCUT2D eigenvalue weighted by Crippen LogP contribution is -2.06. The molecule has 0 fully saturated rings. The van der Waals surface area contributed by atoms with Crippen molar-refractivity contribution in [3.63, 3.8) is 0 Å². The van der Waals surface area contributed by atoms with Crippen molar-refractivity contribution in [1.29, 1.82) is 0 Å². The molecule has 2 rings (SSSR count). The van der Waals surface area contributed by atoms with Crippen LogP contribution in [-0.4, -0.2) is 0 Å². The van der Waals surface area contributed by atoms with Gasteiger partial charge in [-0.15, -0.1) is 11.3 Å². The van der Waals surface area contributed by atoms with E-state index in [0.29, 0.717) is 15.2 Å². The first-order valence-corrected chi connectivity index (χ1v) is 7.50.